The van der Waals surface area contributed by atoms with Gasteiger partial charge in [-0.15, -0.1) is 0 Å². The number of phenols is 1. The van der Waals surface area contributed by atoms with Gasteiger partial charge in [-0.25, -0.2) is 0 Å². The van der Waals surface area contributed by atoms with Crippen molar-refractivity contribution in [2.45, 2.75) is 6.18 Å². The van der Waals surface area contributed by atoms with Gasteiger partial charge in [0, 0.05) is 7.05 Å². The van der Waals surface area contributed by atoms with Gasteiger partial charge < -0.3 is 10.4 Å². The van der Waals surface area contributed by atoms with Gasteiger partial charge in [-0.05, 0) is 35.4 Å². The highest BCUT2D eigenvalue weighted by molar-refractivity contribution is 5.97. The maximum Gasteiger partial charge on any atom is 0.416 e. The van der Waals surface area contributed by atoms with Crippen LogP contribution in [0.3, 0.4) is 0 Å². The Balaban J connectivity index is 2.41. The Morgan fingerprint density at radius 2 is 1.62 bits per heavy atom. The highest BCUT2D eigenvalue weighted by Gasteiger charge is 2.30. The average molecular weight is 295 g/mol. The van der Waals surface area contributed by atoms with Crippen molar-refractivity contribution < 1.29 is 23.1 Å². The van der Waals surface area contributed by atoms with E-state index in [0.717, 1.165) is 12.1 Å². The minimum atomic E-state index is -4.39. The monoisotopic (exact) mass is 295 g/mol. The number of amides is 1. The van der Waals surface area contributed by atoms with Gasteiger partial charge >= 0.3 is 6.18 Å². The third kappa shape index (κ3) is 3.16. The molecule has 0 spiro atoms. The molecule has 0 unspecified atom stereocenters. The standard InChI is InChI=1S/C15H12F3NO2/c1-19-14(21)12-8-10(4-7-13(12)20)9-2-5-11(6-3-9)15(16,17)18/h2-8,20H,1H3,(H,19,21). The summed E-state index contributed by atoms with van der Waals surface area (Å²) in [7, 11) is 1.42. The van der Waals surface area contributed by atoms with E-state index in [0.29, 0.717) is 11.1 Å². The first-order chi connectivity index (χ1) is 9.82. The molecule has 0 aliphatic rings. The van der Waals surface area contributed by atoms with Crippen LogP contribution in [-0.2, 0) is 6.18 Å². The van der Waals surface area contributed by atoms with Crippen LogP contribution in [0.25, 0.3) is 11.1 Å². The maximum absolute atomic E-state index is 12.5. The van der Waals surface area contributed by atoms with Crippen molar-refractivity contribution in [1.82, 2.24) is 5.32 Å². The number of carbonyl (C=O) groups excluding carboxylic acids is 1. The van der Waals surface area contributed by atoms with Crippen molar-refractivity contribution in [2.75, 3.05) is 7.05 Å². The molecular formula is C15H12F3NO2. The first-order valence-corrected chi connectivity index (χ1v) is 6.05. The number of hydrogen-bond donors (Lipinski definition) is 2. The molecule has 0 aromatic heterocycles. The molecule has 0 aliphatic heterocycles. The molecule has 0 atom stereocenters. The summed E-state index contributed by atoms with van der Waals surface area (Å²) in [5, 5.41) is 12.0. The second-order valence-corrected chi connectivity index (χ2v) is 4.39. The third-order valence-electron chi connectivity index (χ3n) is 3.01. The van der Waals surface area contributed by atoms with E-state index in [9.17, 15) is 23.1 Å². The number of aromatic hydroxyl groups is 1. The molecule has 6 heteroatoms. The van der Waals surface area contributed by atoms with Crippen LogP contribution in [0.2, 0.25) is 0 Å². The molecule has 0 radical (unpaired) electrons. The van der Waals surface area contributed by atoms with Crippen molar-refractivity contribution in [3.05, 3.63) is 53.6 Å². The van der Waals surface area contributed by atoms with Gasteiger partial charge in [-0.1, -0.05) is 18.2 Å². The zero-order valence-electron chi connectivity index (χ0n) is 11.0. The third-order valence-corrected chi connectivity index (χ3v) is 3.01. The Bertz CT molecular complexity index is 664. The second kappa shape index (κ2) is 5.47. The van der Waals surface area contributed by atoms with Crippen molar-refractivity contribution in [2.24, 2.45) is 0 Å². The first-order valence-electron chi connectivity index (χ1n) is 6.05. The zero-order chi connectivity index (χ0) is 15.6. The summed E-state index contributed by atoms with van der Waals surface area (Å²) in [4.78, 5) is 11.6. The van der Waals surface area contributed by atoms with Gasteiger partial charge in [0.2, 0.25) is 0 Å². The predicted octanol–water partition coefficient (Wildman–Crippen LogP) is 3.44. The molecular weight excluding hydrogens is 283 g/mol. The molecule has 110 valence electrons. The smallest absolute Gasteiger partial charge is 0.416 e. The molecule has 0 heterocycles. The summed E-state index contributed by atoms with van der Waals surface area (Å²) in [6.07, 6.45) is -4.39. The van der Waals surface area contributed by atoms with E-state index in [1.165, 1.54) is 37.4 Å². The number of halogens is 3. The van der Waals surface area contributed by atoms with Crippen molar-refractivity contribution in [1.29, 1.82) is 0 Å². The van der Waals surface area contributed by atoms with Gasteiger partial charge in [0.15, 0.2) is 0 Å². The molecule has 1 amide bonds. The first kappa shape index (κ1) is 14.9. The molecule has 2 N–H and O–H groups in total. The van der Waals surface area contributed by atoms with Crippen LogP contribution in [0.5, 0.6) is 5.75 Å². The van der Waals surface area contributed by atoms with E-state index in [1.54, 1.807) is 0 Å². The summed E-state index contributed by atoms with van der Waals surface area (Å²) in [5.74, 6) is -0.661. The normalized spacial score (nSPS) is 11.2. The van der Waals surface area contributed by atoms with E-state index >= 15 is 0 Å². The van der Waals surface area contributed by atoms with E-state index in [-0.39, 0.29) is 11.3 Å². The summed E-state index contributed by atoms with van der Waals surface area (Å²) in [5.41, 5.74) is 0.389. The summed E-state index contributed by atoms with van der Waals surface area (Å²) in [6, 6.07) is 8.88. The Morgan fingerprint density at radius 3 is 2.14 bits per heavy atom. The molecule has 0 bridgehead atoms. The van der Waals surface area contributed by atoms with Crippen LogP contribution in [0.1, 0.15) is 15.9 Å². The molecule has 2 aromatic rings. The summed E-state index contributed by atoms with van der Waals surface area (Å²) in [6.45, 7) is 0. The fourth-order valence-corrected chi connectivity index (χ4v) is 1.88. The summed E-state index contributed by atoms with van der Waals surface area (Å²) < 4.78 is 37.5. The number of rotatable bonds is 2. The van der Waals surface area contributed by atoms with Gasteiger partial charge in [0.1, 0.15) is 5.75 Å². The lowest BCUT2D eigenvalue weighted by molar-refractivity contribution is -0.137. The van der Waals surface area contributed by atoms with Gasteiger partial charge in [-0.2, -0.15) is 13.2 Å². The molecule has 0 fully saturated rings. The zero-order valence-corrected chi connectivity index (χ0v) is 11.0. The number of nitrogens with one attached hydrogen (secondary N) is 1. The highest BCUT2D eigenvalue weighted by Crippen LogP contribution is 2.32. The average Bonchev–Trinajstić information content (AvgIpc) is 2.46. The largest absolute Gasteiger partial charge is 0.507 e. The van der Waals surface area contributed by atoms with E-state index < -0.39 is 17.6 Å². The molecule has 0 saturated carbocycles. The number of phenolic OH excluding ortho intramolecular Hbond substituents is 1. The summed E-state index contributed by atoms with van der Waals surface area (Å²) >= 11 is 0. The number of carbonyl (C=O) groups is 1. The van der Waals surface area contributed by atoms with Crippen molar-refractivity contribution in [3.63, 3.8) is 0 Å². The van der Waals surface area contributed by atoms with E-state index in [4.69, 9.17) is 0 Å². The molecule has 21 heavy (non-hydrogen) atoms. The minimum absolute atomic E-state index is 0.0647. The van der Waals surface area contributed by atoms with Gasteiger partial charge in [0.05, 0.1) is 11.1 Å². The van der Waals surface area contributed by atoms with Crippen LogP contribution in [0.15, 0.2) is 42.5 Å². The quantitative estimate of drug-likeness (QED) is 0.891. The molecule has 0 saturated heterocycles. The van der Waals surface area contributed by atoms with Crippen LogP contribution < -0.4 is 5.32 Å². The Morgan fingerprint density at radius 1 is 1.05 bits per heavy atom. The Hall–Kier alpha value is -2.50. The molecule has 2 aromatic carbocycles. The van der Waals surface area contributed by atoms with Crippen LogP contribution in [0, 0.1) is 0 Å². The number of alkyl halides is 3. The van der Waals surface area contributed by atoms with E-state index in [2.05, 4.69) is 5.32 Å². The van der Waals surface area contributed by atoms with Crippen LogP contribution in [0.4, 0.5) is 13.2 Å². The second-order valence-electron chi connectivity index (χ2n) is 4.39. The van der Waals surface area contributed by atoms with Crippen molar-refractivity contribution >= 4 is 5.91 Å². The highest BCUT2D eigenvalue weighted by atomic mass is 19.4. The molecule has 2 rings (SSSR count). The predicted molar refractivity (Wildman–Crippen MR) is 71.9 cm³/mol. The Kier molecular flexibility index (Phi) is 3.88. The topological polar surface area (TPSA) is 49.3 Å². The lowest BCUT2D eigenvalue weighted by Gasteiger charge is -2.09. The van der Waals surface area contributed by atoms with Crippen LogP contribution in [-0.4, -0.2) is 18.1 Å². The Labute approximate surface area is 119 Å². The fourth-order valence-electron chi connectivity index (χ4n) is 1.88. The molecule has 0 aliphatic carbocycles. The SMILES string of the molecule is CNC(=O)c1cc(-c2ccc(C(F)(F)F)cc2)ccc1O. The molecule has 3 nitrogen and oxygen atoms in total. The number of benzene rings is 2. The minimum Gasteiger partial charge on any atom is -0.507 e. The van der Waals surface area contributed by atoms with E-state index in [1.807, 2.05) is 0 Å². The van der Waals surface area contributed by atoms with Gasteiger partial charge in [0.25, 0.3) is 5.91 Å². The number of hydrogen-bond acceptors (Lipinski definition) is 2. The maximum atomic E-state index is 12.5. The lowest BCUT2D eigenvalue weighted by atomic mass is 10.0. The lowest BCUT2D eigenvalue weighted by Crippen LogP contribution is -2.17. The van der Waals surface area contributed by atoms with Crippen molar-refractivity contribution in [3.8, 4) is 16.9 Å². The van der Waals surface area contributed by atoms with Crippen LogP contribution >= 0.6 is 0 Å². The fraction of sp³-hybridized carbons (Fsp3) is 0.133. The van der Waals surface area contributed by atoms with Gasteiger partial charge in [-0.3, -0.25) is 4.79 Å².